The largest absolute Gasteiger partial charge is 0.507 e. The molecular formula is C26H23N3O5. The number of hydrogen-bond donors (Lipinski definition) is 1. The van der Waals surface area contributed by atoms with Crippen molar-refractivity contribution in [2.24, 2.45) is 0 Å². The fourth-order valence-corrected chi connectivity index (χ4v) is 4.02. The molecule has 34 heavy (non-hydrogen) atoms. The minimum Gasteiger partial charge on any atom is -0.507 e. The molecule has 0 spiro atoms. The van der Waals surface area contributed by atoms with Gasteiger partial charge in [0.2, 0.25) is 0 Å². The lowest BCUT2D eigenvalue weighted by atomic mass is 9.98. The number of carbonyl (C=O) groups is 2. The zero-order valence-corrected chi connectivity index (χ0v) is 18.5. The zero-order valence-electron chi connectivity index (χ0n) is 18.5. The number of pyridine rings is 1. The molecule has 1 atom stereocenters. The molecule has 1 N–H and O–H groups in total. The van der Waals surface area contributed by atoms with Crippen LogP contribution in [0.25, 0.3) is 5.76 Å². The molecule has 0 radical (unpaired) electrons. The van der Waals surface area contributed by atoms with Crippen molar-refractivity contribution in [3.8, 4) is 0 Å². The molecule has 0 saturated carbocycles. The van der Waals surface area contributed by atoms with Crippen molar-refractivity contribution in [3.63, 3.8) is 0 Å². The van der Waals surface area contributed by atoms with E-state index in [4.69, 9.17) is 0 Å². The number of aromatic nitrogens is 1. The molecule has 1 aliphatic heterocycles. The van der Waals surface area contributed by atoms with Gasteiger partial charge in [-0.2, -0.15) is 0 Å². The molecule has 1 amide bonds. The van der Waals surface area contributed by atoms with E-state index in [1.165, 1.54) is 29.2 Å². The summed E-state index contributed by atoms with van der Waals surface area (Å²) in [5.41, 5.74) is 1.98. The van der Waals surface area contributed by atoms with E-state index in [1.54, 1.807) is 36.5 Å². The van der Waals surface area contributed by atoms with Gasteiger partial charge in [0, 0.05) is 29.6 Å². The first-order valence-electron chi connectivity index (χ1n) is 11.0. The van der Waals surface area contributed by atoms with Crippen LogP contribution >= 0.6 is 0 Å². The molecular weight excluding hydrogens is 434 g/mol. The van der Waals surface area contributed by atoms with Crippen LogP contribution in [0, 0.1) is 10.1 Å². The summed E-state index contributed by atoms with van der Waals surface area (Å²) in [5.74, 6) is -2.03. The van der Waals surface area contributed by atoms with Crippen LogP contribution in [-0.2, 0) is 16.0 Å². The van der Waals surface area contributed by atoms with Crippen molar-refractivity contribution in [2.45, 2.75) is 32.2 Å². The van der Waals surface area contributed by atoms with E-state index in [9.17, 15) is 24.8 Å². The van der Waals surface area contributed by atoms with E-state index >= 15 is 0 Å². The summed E-state index contributed by atoms with van der Waals surface area (Å²) in [5, 5.41) is 22.0. The predicted molar refractivity (Wildman–Crippen MR) is 127 cm³/mol. The van der Waals surface area contributed by atoms with E-state index in [-0.39, 0.29) is 16.8 Å². The average Bonchev–Trinajstić information content (AvgIpc) is 3.13. The Labute approximate surface area is 196 Å². The lowest BCUT2D eigenvalue weighted by Crippen LogP contribution is -2.29. The van der Waals surface area contributed by atoms with Gasteiger partial charge < -0.3 is 5.11 Å². The maximum Gasteiger partial charge on any atom is 0.300 e. The second-order valence-electron chi connectivity index (χ2n) is 8.00. The zero-order chi connectivity index (χ0) is 24.2. The number of aryl methyl sites for hydroxylation is 1. The second-order valence-corrected chi connectivity index (χ2v) is 8.00. The first kappa shape index (κ1) is 22.8. The number of carbonyl (C=O) groups excluding carboxylic acids is 2. The van der Waals surface area contributed by atoms with Crippen molar-refractivity contribution in [1.82, 2.24) is 4.98 Å². The van der Waals surface area contributed by atoms with Gasteiger partial charge in [-0.3, -0.25) is 29.6 Å². The minimum absolute atomic E-state index is 0.118. The molecule has 1 fully saturated rings. The maximum atomic E-state index is 13.2. The van der Waals surface area contributed by atoms with Crippen molar-refractivity contribution < 1.29 is 19.6 Å². The predicted octanol–water partition coefficient (Wildman–Crippen LogP) is 4.96. The summed E-state index contributed by atoms with van der Waals surface area (Å²) in [6.07, 6.45) is 4.58. The number of nitrogens with zero attached hydrogens (tertiary/aromatic N) is 3. The first-order chi connectivity index (χ1) is 16.4. The number of non-ortho nitro benzene ring substituents is 1. The number of anilines is 1. The maximum absolute atomic E-state index is 13.2. The van der Waals surface area contributed by atoms with Gasteiger partial charge in [-0.1, -0.05) is 31.5 Å². The highest BCUT2D eigenvalue weighted by Crippen LogP contribution is 2.41. The van der Waals surface area contributed by atoms with E-state index in [1.807, 2.05) is 12.1 Å². The molecule has 1 unspecified atom stereocenters. The van der Waals surface area contributed by atoms with Crippen LogP contribution in [0.2, 0.25) is 0 Å². The average molecular weight is 457 g/mol. The summed E-state index contributed by atoms with van der Waals surface area (Å²) in [7, 11) is 0. The molecule has 1 aliphatic rings. The number of rotatable bonds is 7. The summed E-state index contributed by atoms with van der Waals surface area (Å²) < 4.78 is 0. The quantitative estimate of drug-likeness (QED) is 0.176. The highest BCUT2D eigenvalue weighted by atomic mass is 16.6. The molecule has 8 heteroatoms. The van der Waals surface area contributed by atoms with Crippen LogP contribution in [0.1, 0.15) is 42.6 Å². The number of Topliss-reactive ketones (excluding diaryl/α,β-unsaturated/α-hetero) is 1. The Morgan fingerprint density at radius 2 is 1.76 bits per heavy atom. The van der Waals surface area contributed by atoms with Crippen LogP contribution in [0.5, 0.6) is 0 Å². The third-order valence-electron chi connectivity index (χ3n) is 5.80. The second kappa shape index (κ2) is 9.66. The van der Waals surface area contributed by atoms with Gasteiger partial charge in [-0.15, -0.1) is 0 Å². The van der Waals surface area contributed by atoms with E-state index in [0.29, 0.717) is 11.4 Å². The minimum atomic E-state index is -0.946. The third kappa shape index (κ3) is 4.30. The topological polar surface area (TPSA) is 114 Å². The van der Waals surface area contributed by atoms with E-state index < -0.39 is 28.4 Å². The highest BCUT2D eigenvalue weighted by Gasteiger charge is 2.47. The summed E-state index contributed by atoms with van der Waals surface area (Å²) in [6, 6.07) is 16.8. The van der Waals surface area contributed by atoms with E-state index in [2.05, 4.69) is 11.9 Å². The van der Waals surface area contributed by atoms with Gasteiger partial charge in [0.05, 0.1) is 16.2 Å². The number of unbranched alkanes of at least 4 members (excludes halogenated alkanes) is 1. The first-order valence-corrected chi connectivity index (χ1v) is 11.0. The number of nitro groups is 1. The number of aliphatic hydroxyl groups excluding tert-OH is 1. The third-order valence-corrected chi connectivity index (χ3v) is 5.80. The molecule has 3 aromatic rings. The van der Waals surface area contributed by atoms with Crippen LogP contribution in [0.4, 0.5) is 11.4 Å². The van der Waals surface area contributed by atoms with Crippen molar-refractivity contribution >= 4 is 28.8 Å². The van der Waals surface area contributed by atoms with Gasteiger partial charge in [0.25, 0.3) is 17.4 Å². The number of benzene rings is 2. The number of aliphatic hydroxyl groups is 1. The molecule has 2 aromatic carbocycles. The van der Waals surface area contributed by atoms with E-state index in [0.717, 1.165) is 24.8 Å². The van der Waals surface area contributed by atoms with Crippen LogP contribution in [0.15, 0.2) is 78.5 Å². The molecule has 172 valence electrons. The Bertz CT molecular complexity index is 1250. The summed E-state index contributed by atoms with van der Waals surface area (Å²) in [6.45, 7) is 2.12. The Hall–Kier alpha value is -4.33. The van der Waals surface area contributed by atoms with Gasteiger partial charge in [0.15, 0.2) is 0 Å². The molecule has 1 aromatic heterocycles. The molecule has 0 bridgehead atoms. The van der Waals surface area contributed by atoms with Crippen molar-refractivity contribution in [3.05, 3.63) is 105 Å². The highest BCUT2D eigenvalue weighted by molar-refractivity contribution is 6.51. The molecule has 0 aliphatic carbocycles. The standard InChI is InChI=1S/C26H23N3O5/c1-2-3-6-17-8-12-19(13-9-17)28-23(21-7-4-5-16-27-21)22(25(31)26(28)32)24(30)18-10-14-20(15-11-18)29(33)34/h4-5,7-16,23,30H,2-3,6H2,1H3/b24-22-. The molecule has 8 nitrogen and oxygen atoms in total. The van der Waals surface area contributed by atoms with Gasteiger partial charge >= 0.3 is 0 Å². The molecule has 2 heterocycles. The number of hydrogen-bond acceptors (Lipinski definition) is 6. The number of nitro benzene ring substituents is 1. The lowest BCUT2D eigenvalue weighted by Gasteiger charge is -2.24. The van der Waals surface area contributed by atoms with Gasteiger partial charge in [-0.05, 0) is 54.8 Å². The fraction of sp³-hybridized carbons (Fsp3) is 0.192. The Morgan fingerprint density at radius 1 is 1.06 bits per heavy atom. The fourth-order valence-electron chi connectivity index (χ4n) is 4.02. The number of amides is 1. The Kier molecular flexibility index (Phi) is 6.49. The molecule has 1 saturated heterocycles. The Morgan fingerprint density at radius 3 is 2.35 bits per heavy atom. The van der Waals surface area contributed by atoms with Crippen LogP contribution < -0.4 is 4.90 Å². The van der Waals surface area contributed by atoms with Crippen LogP contribution in [0.3, 0.4) is 0 Å². The Balaban J connectivity index is 1.82. The van der Waals surface area contributed by atoms with Crippen molar-refractivity contribution in [2.75, 3.05) is 4.90 Å². The number of ketones is 1. The summed E-state index contributed by atoms with van der Waals surface area (Å²) >= 11 is 0. The van der Waals surface area contributed by atoms with Crippen LogP contribution in [-0.4, -0.2) is 26.7 Å². The summed E-state index contributed by atoms with van der Waals surface area (Å²) in [4.78, 5) is 42.4. The molecule has 4 rings (SSSR count). The lowest BCUT2D eigenvalue weighted by molar-refractivity contribution is -0.384. The van der Waals surface area contributed by atoms with Gasteiger partial charge in [0.1, 0.15) is 11.8 Å². The van der Waals surface area contributed by atoms with Gasteiger partial charge in [-0.25, -0.2) is 0 Å². The monoisotopic (exact) mass is 457 g/mol. The smallest absolute Gasteiger partial charge is 0.300 e. The SMILES string of the molecule is CCCCc1ccc(N2C(=O)C(=O)/C(=C(\O)c3ccc([N+](=O)[O-])cc3)C2c2ccccn2)cc1. The normalized spacial score (nSPS) is 17.2. The van der Waals surface area contributed by atoms with Crippen molar-refractivity contribution in [1.29, 1.82) is 0 Å².